The molecule has 1 unspecified atom stereocenters. The zero-order chi connectivity index (χ0) is 25.2. The zero-order valence-corrected chi connectivity index (χ0v) is 21.5. The Kier molecular flexibility index (Phi) is 9.79. The van der Waals surface area contributed by atoms with E-state index in [2.05, 4.69) is 42.7 Å². The second-order valence-corrected chi connectivity index (χ2v) is 8.57. The number of esters is 1. The van der Waals surface area contributed by atoms with Crippen LogP contribution < -0.4 is 9.47 Å². The van der Waals surface area contributed by atoms with Crippen LogP contribution in [0.1, 0.15) is 44.9 Å². The number of nitrogens with zero attached hydrogens (tertiary/aromatic N) is 1. The average molecular weight is 480 g/mol. The van der Waals surface area contributed by atoms with Gasteiger partial charge in [-0.3, -0.25) is 0 Å². The van der Waals surface area contributed by atoms with E-state index in [1.54, 1.807) is 14.0 Å². The quantitative estimate of drug-likeness (QED) is 0.287. The normalized spacial score (nSPS) is 11.9. The Hall–Kier alpha value is -3.25. The molecule has 3 rings (SSSR count). The predicted octanol–water partition coefficient (Wildman–Crippen LogP) is 5.88. The highest BCUT2D eigenvalue weighted by atomic mass is 16.6. The highest BCUT2D eigenvalue weighted by Gasteiger charge is 2.20. The van der Waals surface area contributed by atoms with Crippen molar-refractivity contribution in [2.24, 2.45) is 0 Å². The van der Waals surface area contributed by atoms with E-state index in [1.807, 2.05) is 43.3 Å². The SMILES string of the molecule is CCOC(=O)C(Cc1ccc(OCCn2c(-c3ccc(OC)cc3)ccc2C(C)C)cc1)OCC. The van der Waals surface area contributed by atoms with Gasteiger partial charge in [-0.2, -0.15) is 0 Å². The first-order valence-corrected chi connectivity index (χ1v) is 12.3. The molecule has 6 nitrogen and oxygen atoms in total. The Labute approximate surface area is 208 Å². The van der Waals surface area contributed by atoms with Gasteiger partial charge >= 0.3 is 5.97 Å². The molecular formula is C29H37NO5. The molecule has 1 aromatic heterocycles. The molecule has 0 aliphatic rings. The largest absolute Gasteiger partial charge is 0.497 e. The summed E-state index contributed by atoms with van der Waals surface area (Å²) in [5, 5.41) is 0. The van der Waals surface area contributed by atoms with Crippen molar-refractivity contribution >= 4 is 5.97 Å². The van der Waals surface area contributed by atoms with Crippen LogP contribution in [0, 0.1) is 0 Å². The molecule has 0 bridgehead atoms. The summed E-state index contributed by atoms with van der Waals surface area (Å²) < 4.78 is 24.4. The topological polar surface area (TPSA) is 58.9 Å². The van der Waals surface area contributed by atoms with Gasteiger partial charge in [-0.15, -0.1) is 0 Å². The molecule has 0 saturated heterocycles. The Morgan fingerprint density at radius 1 is 0.886 bits per heavy atom. The number of hydrogen-bond donors (Lipinski definition) is 0. The van der Waals surface area contributed by atoms with Gasteiger partial charge in [-0.25, -0.2) is 4.79 Å². The first-order chi connectivity index (χ1) is 17.0. The second-order valence-electron chi connectivity index (χ2n) is 8.57. The lowest BCUT2D eigenvalue weighted by Crippen LogP contribution is -2.28. The van der Waals surface area contributed by atoms with Crippen molar-refractivity contribution in [3.05, 3.63) is 71.9 Å². The number of carbonyl (C=O) groups is 1. The van der Waals surface area contributed by atoms with Crippen LogP contribution in [0.4, 0.5) is 0 Å². The summed E-state index contributed by atoms with van der Waals surface area (Å²) >= 11 is 0. The van der Waals surface area contributed by atoms with Crippen LogP contribution >= 0.6 is 0 Å². The van der Waals surface area contributed by atoms with Crippen molar-refractivity contribution in [2.75, 3.05) is 26.9 Å². The number of hydrogen-bond acceptors (Lipinski definition) is 5. The number of rotatable bonds is 13. The number of ether oxygens (including phenoxy) is 4. The molecule has 0 amide bonds. The van der Waals surface area contributed by atoms with Crippen molar-refractivity contribution in [3.8, 4) is 22.8 Å². The molecule has 0 saturated carbocycles. The molecule has 35 heavy (non-hydrogen) atoms. The first kappa shape index (κ1) is 26.4. The van der Waals surface area contributed by atoms with Gasteiger partial charge in [-0.05, 0) is 79.4 Å². The molecular weight excluding hydrogens is 442 g/mol. The number of benzene rings is 2. The lowest BCUT2D eigenvalue weighted by Gasteiger charge is -2.17. The van der Waals surface area contributed by atoms with Gasteiger partial charge in [0.1, 0.15) is 18.1 Å². The van der Waals surface area contributed by atoms with Crippen LogP contribution in [0.2, 0.25) is 0 Å². The van der Waals surface area contributed by atoms with E-state index in [9.17, 15) is 4.79 Å². The summed E-state index contributed by atoms with van der Waals surface area (Å²) in [6, 6.07) is 20.3. The van der Waals surface area contributed by atoms with E-state index in [0.717, 1.165) is 34.9 Å². The van der Waals surface area contributed by atoms with E-state index < -0.39 is 6.10 Å². The summed E-state index contributed by atoms with van der Waals surface area (Å²) in [5.41, 5.74) is 4.58. The highest BCUT2D eigenvalue weighted by Crippen LogP contribution is 2.28. The molecule has 0 aliphatic carbocycles. The third-order valence-electron chi connectivity index (χ3n) is 5.84. The van der Waals surface area contributed by atoms with Gasteiger partial charge in [-0.1, -0.05) is 26.0 Å². The van der Waals surface area contributed by atoms with Gasteiger partial charge in [0.2, 0.25) is 0 Å². The van der Waals surface area contributed by atoms with Crippen LogP contribution in [-0.2, 0) is 27.2 Å². The molecule has 0 radical (unpaired) electrons. The van der Waals surface area contributed by atoms with Gasteiger partial charge < -0.3 is 23.5 Å². The Morgan fingerprint density at radius 3 is 2.17 bits per heavy atom. The summed E-state index contributed by atoms with van der Waals surface area (Å²) in [6.07, 6.45) is -0.120. The van der Waals surface area contributed by atoms with Gasteiger partial charge in [0.25, 0.3) is 0 Å². The smallest absolute Gasteiger partial charge is 0.335 e. The lowest BCUT2D eigenvalue weighted by atomic mass is 10.1. The van der Waals surface area contributed by atoms with Crippen molar-refractivity contribution < 1.29 is 23.7 Å². The predicted molar refractivity (Wildman–Crippen MR) is 138 cm³/mol. The minimum absolute atomic E-state index is 0.324. The molecule has 1 atom stereocenters. The van der Waals surface area contributed by atoms with Gasteiger partial charge in [0.05, 0.1) is 20.3 Å². The van der Waals surface area contributed by atoms with E-state index in [-0.39, 0.29) is 5.97 Å². The fraction of sp³-hybridized carbons (Fsp3) is 0.414. The van der Waals surface area contributed by atoms with E-state index >= 15 is 0 Å². The van der Waals surface area contributed by atoms with Crippen molar-refractivity contribution in [1.29, 1.82) is 0 Å². The number of carbonyl (C=O) groups excluding carboxylic acids is 1. The monoisotopic (exact) mass is 479 g/mol. The summed E-state index contributed by atoms with van der Waals surface area (Å²) in [7, 11) is 1.68. The molecule has 0 N–H and O–H groups in total. The van der Waals surface area contributed by atoms with Crippen molar-refractivity contribution in [3.63, 3.8) is 0 Å². The van der Waals surface area contributed by atoms with Gasteiger partial charge in [0.15, 0.2) is 6.10 Å². The van der Waals surface area contributed by atoms with Crippen LogP contribution in [0.25, 0.3) is 11.3 Å². The minimum atomic E-state index is -0.591. The van der Waals surface area contributed by atoms with Crippen LogP contribution in [0.3, 0.4) is 0 Å². The average Bonchev–Trinajstić information content (AvgIpc) is 3.29. The molecule has 0 spiro atoms. The summed E-state index contributed by atoms with van der Waals surface area (Å²) in [6.45, 7) is 10.2. The minimum Gasteiger partial charge on any atom is -0.497 e. The van der Waals surface area contributed by atoms with Gasteiger partial charge in [0, 0.05) is 24.4 Å². The van der Waals surface area contributed by atoms with E-state index in [0.29, 0.717) is 32.2 Å². The first-order valence-electron chi connectivity index (χ1n) is 12.3. The fourth-order valence-corrected chi connectivity index (χ4v) is 4.09. The standard InChI is InChI=1S/C29H37NO5/c1-6-33-28(29(31)34-7-2)20-22-8-12-25(13-9-22)35-19-18-30-26(21(3)4)16-17-27(30)23-10-14-24(32-5)15-11-23/h8-17,21,28H,6-7,18-20H2,1-5H3. The highest BCUT2D eigenvalue weighted by molar-refractivity contribution is 5.75. The molecule has 0 fully saturated rings. The van der Waals surface area contributed by atoms with E-state index in [1.165, 1.54) is 5.69 Å². The molecule has 6 heteroatoms. The maximum Gasteiger partial charge on any atom is 0.335 e. The lowest BCUT2D eigenvalue weighted by molar-refractivity contribution is -0.156. The Bertz CT molecular complexity index is 1050. The van der Waals surface area contributed by atoms with Crippen molar-refractivity contribution in [1.82, 2.24) is 4.57 Å². The van der Waals surface area contributed by atoms with Crippen LogP contribution in [0.5, 0.6) is 11.5 Å². The zero-order valence-electron chi connectivity index (χ0n) is 21.5. The third-order valence-corrected chi connectivity index (χ3v) is 5.84. The Balaban J connectivity index is 1.64. The Morgan fingerprint density at radius 2 is 1.57 bits per heavy atom. The summed E-state index contributed by atoms with van der Waals surface area (Å²) in [4.78, 5) is 12.1. The number of aromatic nitrogens is 1. The van der Waals surface area contributed by atoms with Crippen LogP contribution in [-0.4, -0.2) is 43.6 Å². The molecule has 3 aromatic rings. The van der Waals surface area contributed by atoms with E-state index in [4.69, 9.17) is 18.9 Å². The van der Waals surface area contributed by atoms with Crippen LogP contribution in [0.15, 0.2) is 60.7 Å². The van der Waals surface area contributed by atoms with Crippen molar-refractivity contribution in [2.45, 2.75) is 52.7 Å². The summed E-state index contributed by atoms with van der Waals surface area (Å²) in [5.74, 6) is 1.72. The maximum absolute atomic E-state index is 12.1. The third kappa shape index (κ3) is 7.12. The molecule has 0 aliphatic heterocycles. The second kappa shape index (κ2) is 13.0. The maximum atomic E-state index is 12.1. The molecule has 188 valence electrons. The number of methoxy groups -OCH3 is 1. The molecule has 1 heterocycles. The fourth-order valence-electron chi connectivity index (χ4n) is 4.09. The molecule has 2 aromatic carbocycles.